The van der Waals surface area contributed by atoms with E-state index in [0.29, 0.717) is 19.4 Å². The normalized spacial score (nSPS) is 11.7. The average Bonchev–Trinajstić information content (AvgIpc) is 2.25. The molecule has 74 valence electrons. The van der Waals surface area contributed by atoms with Crippen molar-refractivity contribution < 1.29 is 9.84 Å². The molecule has 0 bridgehead atoms. The Hall–Kier alpha value is -1.46. The summed E-state index contributed by atoms with van der Waals surface area (Å²) in [5, 5.41) is 9.42. The minimum atomic E-state index is -0.480. The maximum absolute atomic E-state index is 9.42. The van der Waals surface area contributed by atoms with Gasteiger partial charge < -0.3 is 9.84 Å². The lowest BCUT2D eigenvalue weighted by atomic mass is 10.2. The molecule has 0 spiro atoms. The molecular weight excluding hydrogens is 176 g/mol. The molecule has 0 radical (unpaired) electrons. The van der Waals surface area contributed by atoms with Gasteiger partial charge in [-0.25, -0.2) is 0 Å². The Morgan fingerprint density at radius 2 is 2.07 bits per heavy atom. The number of rotatable bonds is 5. The molecule has 1 rings (SSSR count). The van der Waals surface area contributed by atoms with E-state index in [1.807, 2.05) is 30.3 Å². The van der Waals surface area contributed by atoms with Crippen molar-refractivity contribution in [3.8, 4) is 18.1 Å². The maximum Gasteiger partial charge on any atom is 0.119 e. The lowest BCUT2D eigenvalue weighted by Gasteiger charge is -2.10. The molecule has 1 unspecified atom stereocenters. The van der Waals surface area contributed by atoms with Gasteiger partial charge in [0.25, 0.3) is 0 Å². The number of aliphatic hydroxyl groups is 1. The number of terminal acetylenes is 1. The van der Waals surface area contributed by atoms with Gasteiger partial charge in [0.1, 0.15) is 12.4 Å². The van der Waals surface area contributed by atoms with Crippen LogP contribution < -0.4 is 4.74 Å². The summed E-state index contributed by atoms with van der Waals surface area (Å²) in [5.41, 5.74) is 0. The van der Waals surface area contributed by atoms with Gasteiger partial charge in [-0.1, -0.05) is 18.2 Å². The number of hydrogen-bond donors (Lipinski definition) is 1. The lowest BCUT2D eigenvalue weighted by Crippen LogP contribution is -2.16. The standard InChI is InChI=1S/C12H14O2/c1-2-3-7-11(13)10-14-12-8-5-4-6-9-12/h1,4-6,8-9,11,13H,3,7,10H2. The van der Waals surface area contributed by atoms with E-state index in [2.05, 4.69) is 5.92 Å². The summed E-state index contributed by atoms with van der Waals surface area (Å²) in [5.74, 6) is 3.25. The van der Waals surface area contributed by atoms with Crippen LogP contribution in [0.5, 0.6) is 5.75 Å². The Balaban J connectivity index is 2.24. The molecule has 0 aromatic heterocycles. The van der Waals surface area contributed by atoms with Gasteiger partial charge in [0, 0.05) is 6.42 Å². The van der Waals surface area contributed by atoms with Crippen molar-refractivity contribution in [3.05, 3.63) is 30.3 Å². The Labute approximate surface area is 84.5 Å². The van der Waals surface area contributed by atoms with Crippen molar-refractivity contribution in [1.82, 2.24) is 0 Å². The van der Waals surface area contributed by atoms with E-state index in [9.17, 15) is 5.11 Å². The summed E-state index contributed by atoms with van der Waals surface area (Å²) in [7, 11) is 0. The van der Waals surface area contributed by atoms with Gasteiger partial charge in [-0.15, -0.1) is 12.3 Å². The van der Waals surface area contributed by atoms with Crippen LogP contribution >= 0.6 is 0 Å². The van der Waals surface area contributed by atoms with E-state index in [4.69, 9.17) is 11.2 Å². The molecule has 14 heavy (non-hydrogen) atoms. The molecule has 0 aliphatic carbocycles. The van der Waals surface area contributed by atoms with Gasteiger partial charge in [0.15, 0.2) is 0 Å². The molecular formula is C12H14O2. The highest BCUT2D eigenvalue weighted by Crippen LogP contribution is 2.09. The van der Waals surface area contributed by atoms with Crippen molar-refractivity contribution in [2.45, 2.75) is 18.9 Å². The fourth-order valence-electron chi connectivity index (χ4n) is 1.04. The predicted octanol–water partition coefficient (Wildman–Crippen LogP) is 1.84. The Morgan fingerprint density at radius 1 is 1.36 bits per heavy atom. The Morgan fingerprint density at radius 3 is 2.71 bits per heavy atom. The van der Waals surface area contributed by atoms with Crippen LogP contribution in [0.25, 0.3) is 0 Å². The monoisotopic (exact) mass is 190 g/mol. The van der Waals surface area contributed by atoms with Crippen LogP contribution in [0.15, 0.2) is 30.3 Å². The molecule has 0 amide bonds. The third kappa shape index (κ3) is 3.97. The SMILES string of the molecule is C#CCCC(O)COc1ccccc1. The quantitative estimate of drug-likeness (QED) is 0.718. The zero-order valence-electron chi connectivity index (χ0n) is 8.02. The minimum Gasteiger partial charge on any atom is -0.491 e. The molecule has 2 heteroatoms. The van der Waals surface area contributed by atoms with E-state index in [0.717, 1.165) is 5.75 Å². The number of aliphatic hydroxyl groups excluding tert-OH is 1. The van der Waals surface area contributed by atoms with Gasteiger partial charge in [-0.05, 0) is 18.6 Å². The molecule has 0 saturated carbocycles. The topological polar surface area (TPSA) is 29.5 Å². The number of para-hydroxylation sites is 1. The summed E-state index contributed by atoms with van der Waals surface area (Å²) in [6, 6.07) is 9.41. The molecule has 2 nitrogen and oxygen atoms in total. The summed E-state index contributed by atoms with van der Waals surface area (Å²) in [6.45, 7) is 0.297. The van der Waals surface area contributed by atoms with Crippen LogP contribution in [0.3, 0.4) is 0 Å². The van der Waals surface area contributed by atoms with E-state index < -0.39 is 6.10 Å². The van der Waals surface area contributed by atoms with E-state index in [-0.39, 0.29) is 0 Å². The van der Waals surface area contributed by atoms with Gasteiger partial charge in [0.05, 0.1) is 6.10 Å². The van der Waals surface area contributed by atoms with E-state index >= 15 is 0 Å². The largest absolute Gasteiger partial charge is 0.491 e. The van der Waals surface area contributed by atoms with E-state index in [1.54, 1.807) is 0 Å². The Kier molecular flexibility index (Phi) is 4.60. The first-order valence-corrected chi connectivity index (χ1v) is 4.62. The molecule has 0 fully saturated rings. The van der Waals surface area contributed by atoms with Crippen molar-refractivity contribution in [2.75, 3.05) is 6.61 Å². The fraction of sp³-hybridized carbons (Fsp3) is 0.333. The highest BCUT2D eigenvalue weighted by molar-refractivity contribution is 5.20. The molecule has 0 aliphatic rings. The second-order valence-corrected chi connectivity index (χ2v) is 3.02. The minimum absolute atomic E-state index is 0.297. The third-order valence-corrected chi connectivity index (χ3v) is 1.81. The highest BCUT2D eigenvalue weighted by Gasteiger charge is 2.03. The summed E-state index contributed by atoms with van der Waals surface area (Å²) in [4.78, 5) is 0. The molecule has 1 N–H and O–H groups in total. The average molecular weight is 190 g/mol. The first kappa shape index (κ1) is 10.6. The summed E-state index contributed by atoms with van der Waals surface area (Å²) >= 11 is 0. The predicted molar refractivity (Wildman–Crippen MR) is 56.0 cm³/mol. The van der Waals surface area contributed by atoms with Crippen LogP contribution in [0, 0.1) is 12.3 Å². The first-order valence-electron chi connectivity index (χ1n) is 4.62. The zero-order chi connectivity index (χ0) is 10.2. The zero-order valence-corrected chi connectivity index (χ0v) is 8.02. The Bertz CT molecular complexity index is 287. The molecule has 1 atom stereocenters. The highest BCUT2D eigenvalue weighted by atomic mass is 16.5. The van der Waals surface area contributed by atoms with Crippen molar-refractivity contribution in [3.63, 3.8) is 0 Å². The number of benzene rings is 1. The van der Waals surface area contributed by atoms with E-state index in [1.165, 1.54) is 0 Å². The lowest BCUT2D eigenvalue weighted by molar-refractivity contribution is 0.101. The maximum atomic E-state index is 9.42. The molecule has 1 aromatic rings. The molecule has 0 aliphatic heterocycles. The number of hydrogen-bond acceptors (Lipinski definition) is 2. The van der Waals surface area contributed by atoms with Crippen molar-refractivity contribution in [2.24, 2.45) is 0 Å². The van der Waals surface area contributed by atoms with Crippen LogP contribution in [0.2, 0.25) is 0 Å². The summed E-state index contributed by atoms with van der Waals surface area (Å²) < 4.78 is 5.35. The van der Waals surface area contributed by atoms with Crippen molar-refractivity contribution >= 4 is 0 Å². The second-order valence-electron chi connectivity index (χ2n) is 3.02. The molecule has 0 saturated heterocycles. The smallest absolute Gasteiger partial charge is 0.119 e. The first-order chi connectivity index (χ1) is 6.83. The van der Waals surface area contributed by atoms with Gasteiger partial charge in [-0.2, -0.15) is 0 Å². The van der Waals surface area contributed by atoms with Crippen LogP contribution in [-0.4, -0.2) is 17.8 Å². The van der Waals surface area contributed by atoms with Gasteiger partial charge in [0.2, 0.25) is 0 Å². The second kappa shape index (κ2) is 6.06. The molecule has 1 aromatic carbocycles. The van der Waals surface area contributed by atoms with Crippen LogP contribution in [0.1, 0.15) is 12.8 Å². The summed E-state index contributed by atoms with van der Waals surface area (Å²) in [6.07, 6.45) is 5.77. The fourth-order valence-corrected chi connectivity index (χ4v) is 1.04. The number of ether oxygens (including phenoxy) is 1. The third-order valence-electron chi connectivity index (χ3n) is 1.81. The van der Waals surface area contributed by atoms with Gasteiger partial charge in [-0.3, -0.25) is 0 Å². The van der Waals surface area contributed by atoms with Crippen LogP contribution in [0.4, 0.5) is 0 Å². The van der Waals surface area contributed by atoms with Crippen molar-refractivity contribution in [1.29, 1.82) is 0 Å². The molecule has 0 heterocycles. The van der Waals surface area contributed by atoms with Gasteiger partial charge >= 0.3 is 0 Å². The van der Waals surface area contributed by atoms with Crippen LogP contribution in [-0.2, 0) is 0 Å².